The number of nitriles is 1. The maximum Gasteiger partial charge on any atom is 0.320 e. The third-order valence-electron chi connectivity index (χ3n) is 3.91. The van der Waals surface area contributed by atoms with Crippen molar-refractivity contribution >= 4 is 28.5 Å². The van der Waals surface area contributed by atoms with Gasteiger partial charge in [0.15, 0.2) is 0 Å². The van der Waals surface area contributed by atoms with Gasteiger partial charge in [-0.15, -0.1) is 0 Å². The number of aryl methyl sites for hydroxylation is 1. The van der Waals surface area contributed by atoms with Crippen LogP contribution in [0, 0.1) is 18.3 Å². The van der Waals surface area contributed by atoms with Crippen LogP contribution in [0.15, 0.2) is 0 Å². The van der Waals surface area contributed by atoms with Crippen LogP contribution in [0.2, 0.25) is 0 Å². The summed E-state index contributed by atoms with van der Waals surface area (Å²) in [6.07, 6.45) is 1.45. The van der Waals surface area contributed by atoms with E-state index in [0.29, 0.717) is 22.8 Å². The van der Waals surface area contributed by atoms with Crippen LogP contribution < -0.4 is 10.6 Å². The van der Waals surface area contributed by atoms with E-state index in [2.05, 4.69) is 15.0 Å². The van der Waals surface area contributed by atoms with E-state index < -0.39 is 5.97 Å². The molecule has 0 saturated heterocycles. The van der Waals surface area contributed by atoms with Crippen LogP contribution in [0.1, 0.15) is 31.0 Å². The Hall–Kier alpha value is -2.18. The number of anilines is 1. The normalized spacial score (nSPS) is 19.7. The summed E-state index contributed by atoms with van der Waals surface area (Å²) in [6, 6.07) is 1.85. The van der Waals surface area contributed by atoms with Crippen LogP contribution in [0.5, 0.6) is 0 Å². The number of aliphatic carboxylic acids is 1. The molecule has 3 N–H and O–H groups in total. The van der Waals surface area contributed by atoms with E-state index in [9.17, 15) is 9.59 Å². The van der Waals surface area contributed by atoms with Crippen molar-refractivity contribution in [1.82, 2.24) is 14.6 Å². The van der Waals surface area contributed by atoms with Crippen molar-refractivity contribution in [3.05, 3.63) is 11.3 Å². The Balaban J connectivity index is 1.80. The fourth-order valence-electron chi connectivity index (χ4n) is 2.59. The summed E-state index contributed by atoms with van der Waals surface area (Å²) in [4.78, 5) is 24.6. The molecule has 0 unspecified atom stereocenters. The van der Waals surface area contributed by atoms with Gasteiger partial charge in [0.25, 0.3) is 0 Å². The Morgan fingerprint density at radius 1 is 1.52 bits per heavy atom. The van der Waals surface area contributed by atoms with Gasteiger partial charge in [-0.2, -0.15) is 9.64 Å². The molecule has 1 aromatic rings. The highest BCUT2D eigenvalue weighted by Gasteiger charge is 2.34. The van der Waals surface area contributed by atoms with E-state index in [-0.39, 0.29) is 24.7 Å². The summed E-state index contributed by atoms with van der Waals surface area (Å²) < 4.78 is 4.04. The third kappa shape index (κ3) is 4.18. The van der Waals surface area contributed by atoms with Crippen molar-refractivity contribution in [2.24, 2.45) is 0 Å². The van der Waals surface area contributed by atoms with Crippen LogP contribution in [0.3, 0.4) is 0 Å². The van der Waals surface area contributed by atoms with E-state index in [4.69, 9.17) is 10.4 Å². The molecule has 0 radical (unpaired) electrons. The van der Waals surface area contributed by atoms with Crippen molar-refractivity contribution in [1.29, 1.82) is 5.26 Å². The van der Waals surface area contributed by atoms with Crippen LogP contribution in [-0.2, 0) is 4.79 Å². The molecule has 1 fully saturated rings. The number of carboxylic acids is 1. The number of likely N-dealkylation sites (N-methyl/N-ethyl adjacent to an activating group) is 1. The summed E-state index contributed by atoms with van der Waals surface area (Å²) in [6.45, 7) is 4.33. The minimum atomic E-state index is -0.842. The molecule has 1 heterocycles. The molecule has 8 nitrogen and oxygen atoms in total. The van der Waals surface area contributed by atoms with E-state index in [0.717, 1.165) is 24.4 Å². The van der Waals surface area contributed by atoms with Crippen molar-refractivity contribution in [2.45, 2.75) is 38.8 Å². The molecule has 2 rings (SSSR count). The lowest BCUT2D eigenvalue weighted by Crippen LogP contribution is -2.55. The van der Waals surface area contributed by atoms with Crippen LogP contribution in [0.25, 0.3) is 0 Å². The highest BCUT2D eigenvalue weighted by Crippen LogP contribution is 2.26. The van der Waals surface area contributed by atoms with E-state index in [1.807, 2.05) is 17.9 Å². The number of urea groups is 1. The number of carboxylic acid groups (broad SMARTS) is 1. The second-order valence-corrected chi connectivity index (χ2v) is 6.23. The highest BCUT2D eigenvalue weighted by atomic mass is 32.1. The fraction of sp³-hybridized carbons (Fsp3) is 0.571. The average Bonchev–Trinajstić information content (AvgIpc) is 2.80. The quantitative estimate of drug-likeness (QED) is 0.722. The van der Waals surface area contributed by atoms with Gasteiger partial charge in [-0.1, -0.05) is 6.92 Å². The molecule has 1 aliphatic carbocycles. The minimum Gasteiger partial charge on any atom is -0.480 e. The van der Waals surface area contributed by atoms with Gasteiger partial charge in [-0.05, 0) is 37.8 Å². The summed E-state index contributed by atoms with van der Waals surface area (Å²) in [5.41, 5.74) is 0.985. The van der Waals surface area contributed by atoms with Gasteiger partial charge in [0, 0.05) is 12.1 Å². The molecule has 9 heteroatoms. The first-order chi connectivity index (χ1) is 10.9. The number of hydrogen-bond donors (Lipinski definition) is 3. The molecule has 1 aliphatic rings. The smallest absolute Gasteiger partial charge is 0.320 e. The lowest BCUT2D eigenvalue weighted by molar-refractivity contribution is -0.139. The molecular formula is C14H19N5O3S. The molecule has 0 atom stereocenters. The number of amides is 2. The van der Waals surface area contributed by atoms with Crippen molar-refractivity contribution < 1.29 is 14.7 Å². The first-order valence-electron chi connectivity index (χ1n) is 7.34. The van der Waals surface area contributed by atoms with Gasteiger partial charge in [-0.25, -0.2) is 4.79 Å². The lowest BCUT2D eigenvalue weighted by Gasteiger charge is -2.42. The predicted molar refractivity (Wildman–Crippen MR) is 85.4 cm³/mol. The van der Waals surface area contributed by atoms with Crippen LogP contribution in [-0.4, -0.2) is 51.6 Å². The zero-order valence-corrected chi connectivity index (χ0v) is 13.8. The first-order valence-corrected chi connectivity index (χ1v) is 8.11. The molecule has 0 aliphatic heterocycles. The van der Waals surface area contributed by atoms with E-state index >= 15 is 0 Å². The van der Waals surface area contributed by atoms with Gasteiger partial charge in [0.2, 0.25) is 0 Å². The zero-order valence-electron chi connectivity index (χ0n) is 13.0. The summed E-state index contributed by atoms with van der Waals surface area (Å²) in [5, 5.41) is 23.8. The van der Waals surface area contributed by atoms with E-state index in [1.54, 1.807) is 6.92 Å². The molecule has 124 valence electrons. The molecule has 0 bridgehead atoms. The standard InChI is InChI=1S/C14H19N5O3S/c1-3-19(7-12(20)21)10-4-9(5-10)16-14(22)17-13-11(6-15)8(2)18-23-13/h9-10H,3-5,7H2,1-2H3,(H,20,21)(H2,16,17,22). The Morgan fingerprint density at radius 2 is 2.22 bits per heavy atom. The summed E-state index contributed by atoms with van der Waals surface area (Å²) in [7, 11) is 0. The second-order valence-electron chi connectivity index (χ2n) is 5.46. The number of carbonyl (C=O) groups excluding carboxylic acids is 1. The number of aromatic nitrogens is 1. The molecule has 23 heavy (non-hydrogen) atoms. The van der Waals surface area contributed by atoms with Crippen LogP contribution >= 0.6 is 11.5 Å². The highest BCUT2D eigenvalue weighted by molar-refractivity contribution is 7.10. The summed E-state index contributed by atoms with van der Waals surface area (Å²) in [5.74, 6) is -0.842. The third-order valence-corrected chi connectivity index (χ3v) is 4.76. The molecule has 1 saturated carbocycles. The maximum absolute atomic E-state index is 12.0. The Labute approximate surface area is 138 Å². The largest absolute Gasteiger partial charge is 0.480 e. The fourth-order valence-corrected chi connectivity index (χ4v) is 3.33. The topological polar surface area (TPSA) is 118 Å². The minimum absolute atomic E-state index is 0.0161. The number of nitrogens with zero attached hydrogens (tertiary/aromatic N) is 3. The average molecular weight is 337 g/mol. The van der Waals surface area contributed by atoms with Gasteiger partial charge in [0.05, 0.1) is 12.2 Å². The molecular weight excluding hydrogens is 318 g/mol. The maximum atomic E-state index is 12.0. The lowest BCUT2D eigenvalue weighted by atomic mass is 9.85. The predicted octanol–water partition coefficient (Wildman–Crippen LogP) is 1.38. The number of hydrogen-bond acceptors (Lipinski definition) is 6. The van der Waals surface area contributed by atoms with Crippen molar-refractivity contribution in [3.63, 3.8) is 0 Å². The number of rotatable bonds is 6. The number of nitrogens with one attached hydrogen (secondary N) is 2. The van der Waals surface area contributed by atoms with Crippen LogP contribution in [0.4, 0.5) is 9.80 Å². The van der Waals surface area contributed by atoms with Gasteiger partial charge in [0.1, 0.15) is 16.6 Å². The number of carbonyl (C=O) groups is 2. The molecule has 2 amide bonds. The molecule has 1 aromatic heterocycles. The Morgan fingerprint density at radius 3 is 2.78 bits per heavy atom. The first kappa shape index (κ1) is 17.2. The summed E-state index contributed by atoms with van der Waals surface area (Å²) >= 11 is 1.08. The Kier molecular flexibility index (Phi) is 5.52. The zero-order chi connectivity index (χ0) is 17.0. The van der Waals surface area contributed by atoms with Gasteiger partial charge in [-0.3, -0.25) is 15.0 Å². The SMILES string of the molecule is CCN(CC(=O)O)C1CC(NC(=O)Nc2snc(C)c2C#N)C1. The van der Waals surface area contributed by atoms with Gasteiger partial charge < -0.3 is 10.4 Å². The van der Waals surface area contributed by atoms with Crippen molar-refractivity contribution in [3.8, 4) is 6.07 Å². The molecule has 0 aromatic carbocycles. The molecule has 0 spiro atoms. The second kappa shape index (κ2) is 7.39. The monoisotopic (exact) mass is 337 g/mol. The van der Waals surface area contributed by atoms with E-state index in [1.165, 1.54) is 0 Å². The van der Waals surface area contributed by atoms with Crippen molar-refractivity contribution in [2.75, 3.05) is 18.4 Å². The van der Waals surface area contributed by atoms with Gasteiger partial charge >= 0.3 is 12.0 Å². The Bertz CT molecular complexity index is 633.